The number of ketones is 1. The van der Waals surface area contributed by atoms with Gasteiger partial charge in [-0.25, -0.2) is 5.01 Å². The molecule has 2 aliphatic rings. The summed E-state index contributed by atoms with van der Waals surface area (Å²) < 4.78 is 42.8. The van der Waals surface area contributed by atoms with Crippen molar-refractivity contribution in [3.8, 4) is 11.8 Å². The number of nitrogens with zero attached hydrogens (tertiary/aromatic N) is 5. The maximum Gasteiger partial charge on any atom is 0.417 e. The lowest BCUT2D eigenvalue weighted by molar-refractivity contribution is -0.137. The van der Waals surface area contributed by atoms with E-state index in [9.17, 15) is 22.8 Å². The number of piperidine rings is 1. The molecule has 0 spiro atoms. The number of allylic oxidation sites excluding steroid dienone is 2. The van der Waals surface area contributed by atoms with Crippen LogP contribution in [0.15, 0.2) is 65.0 Å². The Morgan fingerprint density at radius 1 is 1.09 bits per heavy atom. The largest absolute Gasteiger partial charge is 0.493 e. The first-order valence-electron chi connectivity index (χ1n) is 20.3. The Kier molecular flexibility index (Phi) is 17.1. The second kappa shape index (κ2) is 20.8. The number of aryl methyl sites for hydroxylation is 1. The summed E-state index contributed by atoms with van der Waals surface area (Å²) in [7, 11) is 0. The van der Waals surface area contributed by atoms with E-state index in [1.807, 2.05) is 47.6 Å². The normalized spacial score (nSPS) is 16.3. The number of amides is 1. The van der Waals surface area contributed by atoms with Gasteiger partial charge in [0, 0.05) is 36.9 Å². The third kappa shape index (κ3) is 11.5. The number of carbonyl (C=O) groups excluding carboxylic acids is 2. The summed E-state index contributed by atoms with van der Waals surface area (Å²) in [5.41, 5.74) is 2.77. The molecule has 2 heterocycles. The minimum absolute atomic E-state index is 0.181. The van der Waals surface area contributed by atoms with E-state index in [2.05, 4.69) is 54.6 Å². The van der Waals surface area contributed by atoms with Gasteiger partial charge >= 0.3 is 6.18 Å². The zero-order valence-corrected chi connectivity index (χ0v) is 36.7. The molecule has 2 aliphatic heterocycles. The minimum Gasteiger partial charge on any atom is -0.493 e. The molecule has 0 aromatic heterocycles. The number of hydrogen-bond donors (Lipinski definition) is 1. The number of rotatable bonds is 14. The van der Waals surface area contributed by atoms with E-state index in [4.69, 9.17) is 27.3 Å². The van der Waals surface area contributed by atoms with Gasteiger partial charge in [0.05, 0.1) is 39.9 Å². The number of benzene rings is 2. The fourth-order valence-corrected chi connectivity index (χ4v) is 7.77. The lowest BCUT2D eigenvalue weighted by atomic mass is 9.89. The molecule has 0 aliphatic carbocycles. The van der Waals surface area contributed by atoms with Crippen molar-refractivity contribution in [3.05, 3.63) is 82.2 Å². The Morgan fingerprint density at radius 3 is 2.26 bits per heavy atom. The third-order valence-corrected chi connectivity index (χ3v) is 11.0. The predicted octanol–water partition coefficient (Wildman–Crippen LogP) is 10.5. The van der Waals surface area contributed by atoms with Gasteiger partial charge in [-0.2, -0.15) is 18.4 Å². The molecule has 1 saturated heterocycles. The molecule has 1 N–H and O–H groups in total. The average molecular weight is 823 g/mol. The monoisotopic (exact) mass is 822 g/mol. The molecule has 316 valence electrons. The van der Waals surface area contributed by atoms with E-state index in [-0.39, 0.29) is 29.2 Å². The second-order valence-electron chi connectivity index (χ2n) is 15.5. The molecule has 0 radical (unpaired) electrons. The molecule has 2 aromatic carbocycles. The van der Waals surface area contributed by atoms with Gasteiger partial charge < -0.3 is 19.9 Å². The molecule has 2 aromatic rings. The van der Waals surface area contributed by atoms with Gasteiger partial charge in [0.2, 0.25) is 0 Å². The van der Waals surface area contributed by atoms with Crippen molar-refractivity contribution in [2.24, 2.45) is 11.0 Å². The molecular weight excluding hydrogens is 762 g/mol. The number of hydrazone groups is 1. The van der Waals surface area contributed by atoms with Gasteiger partial charge in [0.1, 0.15) is 11.4 Å². The van der Waals surface area contributed by atoms with E-state index >= 15 is 0 Å². The number of hydrogen-bond acceptors (Lipinski definition) is 8. The lowest BCUT2D eigenvalue weighted by Gasteiger charge is -2.47. The first kappa shape index (κ1) is 47.7. The van der Waals surface area contributed by atoms with Crippen LogP contribution >= 0.6 is 12.2 Å². The number of nitrogens with one attached hydrogen (secondary N) is 1. The number of halogens is 3. The second-order valence-corrected chi connectivity index (χ2v) is 16.1. The van der Waals surface area contributed by atoms with E-state index in [1.165, 1.54) is 18.2 Å². The number of alkyl halides is 3. The molecule has 13 heteroatoms. The molecule has 4 rings (SSSR count). The number of amidine groups is 1. The summed E-state index contributed by atoms with van der Waals surface area (Å²) in [6, 6.07) is 11.4. The molecule has 0 saturated carbocycles. The molecule has 1 amide bonds. The first-order chi connectivity index (χ1) is 27.3. The van der Waals surface area contributed by atoms with Crippen LogP contribution in [0.5, 0.6) is 5.75 Å². The van der Waals surface area contributed by atoms with Crippen LogP contribution in [0.2, 0.25) is 0 Å². The van der Waals surface area contributed by atoms with Gasteiger partial charge in [-0.3, -0.25) is 9.59 Å². The fraction of sp³-hybridized carbons (Fsp3) is 0.533. The standard InChI is InChI=1S/C36H55N5O3S.C9H6F3N/c1-11-15-25(6)41-33(26(7)24(5)13-3)35(43)37-34(38-41)30-23-29(17-18-31(30)44-14-4)39-21-19-28(20-22-39)40(27(8)45)36(9,10)32(42)16-12-2;1-6-2-3-7(5-13)8(4-6)9(10,11)12/h17-18,23-24,28H,6,11-16,19-22H2,1-5,7-10H3,(H,37,38,43);2-4H,1H3/b33-26-;. The Balaban J connectivity index is 0.000000586. The molecule has 1 fully saturated rings. The number of anilines is 1. The van der Waals surface area contributed by atoms with Crippen LogP contribution in [0.3, 0.4) is 0 Å². The Bertz CT molecular complexity index is 1920. The maximum absolute atomic E-state index is 13.7. The summed E-state index contributed by atoms with van der Waals surface area (Å²) in [5.74, 6) is 1.41. The molecule has 9 nitrogen and oxygen atoms in total. The molecule has 0 bridgehead atoms. The van der Waals surface area contributed by atoms with Gasteiger partial charge in [0.25, 0.3) is 5.91 Å². The molecule has 58 heavy (non-hydrogen) atoms. The molecular formula is C45H61F3N6O3S. The number of Topliss-reactive ketones (excluding diaryl/α,β-unsaturated/α-hetero) is 1. The van der Waals surface area contributed by atoms with Crippen LogP contribution in [0.1, 0.15) is 130 Å². The van der Waals surface area contributed by atoms with Crippen LogP contribution < -0.4 is 15.0 Å². The quantitative estimate of drug-likeness (QED) is 0.149. The topological polar surface area (TPSA) is 101 Å². The predicted molar refractivity (Wildman–Crippen MR) is 231 cm³/mol. The zero-order valence-electron chi connectivity index (χ0n) is 35.9. The van der Waals surface area contributed by atoms with E-state index in [1.54, 1.807) is 11.9 Å². The van der Waals surface area contributed by atoms with Crippen LogP contribution in [0, 0.1) is 24.2 Å². The molecule has 1 atom stereocenters. The van der Waals surface area contributed by atoms with Gasteiger partial charge in [-0.1, -0.05) is 64.5 Å². The van der Waals surface area contributed by atoms with Crippen LogP contribution in [0.4, 0.5) is 18.9 Å². The van der Waals surface area contributed by atoms with Gasteiger partial charge in [-0.15, -0.1) is 5.10 Å². The molecule has 1 unspecified atom stereocenters. The lowest BCUT2D eigenvalue weighted by Crippen LogP contribution is -2.58. The fourth-order valence-electron chi connectivity index (χ4n) is 7.40. The van der Waals surface area contributed by atoms with Crippen LogP contribution in [-0.4, -0.2) is 63.7 Å². The van der Waals surface area contributed by atoms with Crippen LogP contribution in [-0.2, 0) is 15.8 Å². The number of thiocarbonyl (C=S) groups is 1. The number of ether oxygens (including phenoxy) is 1. The van der Waals surface area contributed by atoms with Crippen molar-refractivity contribution in [2.45, 2.75) is 132 Å². The Morgan fingerprint density at radius 2 is 1.72 bits per heavy atom. The summed E-state index contributed by atoms with van der Waals surface area (Å²) in [5, 5.41) is 18.3. The van der Waals surface area contributed by atoms with Crippen molar-refractivity contribution < 1.29 is 27.5 Å². The van der Waals surface area contributed by atoms with E-state index < -0.39 is 17.3 Å². The van der Waals surface area contributed by atoms with Crippen molar-refractivity contribution in [2.75, 3.05) is 24.6 Å². The highest BCUT2D eigenvalue weighted by molar-refractivity contribution is 7.80. The highest BCUT2D eigenvalue weighted by atomic mass is 32.1. The van der Waals surface area contributed by atoms with Gasteiger partial charge in [-0.05, 0) is 115 Å². The summed E-state index contributed by atoms with van der Waals surface area (Å²) in [4.78, 5) is 32.1. The van der Waals surface area contributed by atoms with E-state index in [0.717, 1.165) is 85.2 Å². The summed E-state index contributed by atoms with van der Waals surface area (Å²) >= 11 is 5.68. The maximum atomic E-state index is 13.7. The zero-order chi connectivity index (χ0) is 43.5. The van der Waals surface area contributed by atoms with Crippen molar-refractivity contribution in [1.82, 2.24) is 15.2 Å². The summed E-state index contributed by atoms with van der Waals surface area (Å²) in [6.07, 6.45) is 1.25. The highest BCUT2D eigenvalue weighted by Gasteiger charge is 2.40. The third-order valence-electron chi connectivity index (χ3n) is 10.8. The van der Waals surface area contributed by atoms with Crippen molar-refractivity contribution in [3.63, 3.8) is 0 Å². The van der Waals surface area contributed by atoms with E-state index in [0.29, 0.717) is 35.9 Å². The number of nitriles is 1. The van der Waals surface area contributed by atoms with Crippen molar-refractivity contribution in [1.29, 1.82) is 5.26 Å². The number of carbonyl (C=O) groups is 2. The SMILES string of the molecule is C=C(CCC)N1N=C(c2cc(N3CCC(N(C(C)=S)C(C)(C)C(=O)CCC)CC3)ccc2OCC)NC(=O)/C1=C(\C)C(C)CC.Cc1ccc(C#N)c(C(F)(F)F)c1. The Hall–Kier alpha value is -4.70. The van der Waals surface area contributed by atoms with Crippen LogP contribution in [0.25, 0.3) is 0 Å². The minimum atomic E-state index is -4.45. The average Bonchev–Trinajstić information content (AvgIpc) is 3.17. The Labute approximate surface area is 349 Å². The van der Waals surface area contributed by atoms with Crippen molar-refractivity contribution >= 4 is 40.4 Å². The van der Waals surface area contributed by atoms with Gasteiger partial charge in [0.15, 0.2) is 11.6 Å². The first-order valence-corrected chi connectivity index (χ1v) is 20.7. The smallest absolute Gasteiger partial charge is 0.417 e. The summed E-state index contributed by atoms with van der Waals surface area (Å²) in [6.45, 7) is 26.3. The highest BCUT2D eigenvalue weighted by Crippen LogP contribution is 2.35.